The molecule has 1 saturated heterocycles. The summed E-state index contributed by atoms with van der Waals surface area (Å²) in [6.07, 6.45) is 3.78. The monoisotopic (exact) mass is 471 g/mol. The number of anilines is 2. The maximum atomic E-state index is 13.7. The van der Waals surface area contributed by atoms with E-state index in [1.54, 1.807) is 12.1 Å². The number of fused-ring (bicyclic) bond motifs is 1. The van der Waals surface area contributed by atoms with Gasteiger partial charge >= 0.3 is 0 Å². The Balaban J connectivity index is 1.63. The molecule has 1 fully saturated rings. The number of carbonyl (C=O) groups is 1. The molecule has 1 aliphatic heterocycles. The molecule has 3 N–H and O–H groups in total. The number of phenolic OH excluding ortho intramolecular Hbond substituents is 1. The van der Waals surface area contributed by atoms with Crippen LogP contribution in [0, 0.1) is 6.92 Å². The van der Waals surface area contributed by atoms with Gasteiger partial charge < -0.3 is 20.3 Å². The molecule has 8 nitrogen and oxygen atoms in total. The zero-order chi connectivity index (χ0) is 24.5. The molecule has 1 aliphatic rings. The van der Waals surface area contributed by atoms with E-state index in [0.717, 1.165) is 54.1 Å². The molecular weight excluding hydrogens is 442 g/mol. The molecule has 0 saturated carbocycles. The second-order valence-corrected chi connectivity index (χ2v) is 9.11. The molecular formula is C27H29N5O3. The van der Waals surface area contributed by atoms with Gasteiger partial charge in [0.05, 0.1) is 5.69 Å². The minimum absolute atomic E-state index is 0.0178. The van der Waals surface area contributed by atoms with Crippen LogP contribution in [0.5, 0.6) is 5.75 Å². The number of nitrogens with zero attached hydrogens (tertiary/aromatic N) is 3. The highest BCUT2D eigenvalue weighted by Crippen LogP contribution is 2.35. The lowest BCUT2D eigenvalue weighted by molar-refractivity contribution is -0.114. The number of amides is 1. The number of rotatable bonds is 5. The third-order valence-electron chi connectivity index (χ3n) is 6.54. The minimum atomic E-state index is -0.275. The number of nitrogens with one attached hydrogen (secondary N) is 2. The molecule has 1 amide bonds. The summed E-state index contributed by atoms with van der Waals surface area (Å²) < 4.78 is 1.49. The third kappa shape index (κ3) is 4.39. The topological polar surface area (TPSA) is 103 Å². The number of hydrogen-bond acceptors (Lipinski definition) is 5. The number of aromatic hydroxyl groups is 1. The minimum Gasteiger partial charge on any atom is -0.506 e. The highest BCUT2D eigenvalue weighted by atomic mass is 16.3. The number of benzene rings is 2. The maximum Gasteiger partial charge on any atom is 0.278 e. The number of hydrogen-bond donors (Lipinski definition) is 3. The van der Waals surface area contributed by atoms with Crippen molar-refractivity contribution in [1.82, 2.24) is 14.6 Å². The van der Waals surface area contributed by atoms with E-state index in [2.05, 4.69) is 15.2 Å². The molecule has 0 aliphatic carbocycles. The summed E-state index contributed by atoms with van der Waals surface area (Å²) in [5.41, 5.74) is 5.76. The second kappa shape index (κ2) is 9.29. The van der Waals surface area contributed by atoms with E-state index in [4.69, 9.17) is 5.10 Å². The quantitative estimate of drug-likeness (QED) is 0.378. The van der Waals surface area contributed by atoms with Crippen LogP contribution in [0.3, 0.4) is 0 Å². The lowest BCUT2D eigenvalue weighted by Crippen LogP contribution is -2.30. The lowest BCUT2D eigenvalue weighted by atomic mass is 10.0. The first-order valence-electron chi connectivity index (χ1n) is 12.0. The molecule has 180 valence electrons. The first-order chi connectivity index (χ1) is 16.9. The number of aryl methyl sites for hydroxylation is 1. The van der Waals surface area contributed by atoms with Crippen LogP contribution in [0.1, 0.15) is 43.0 Å². The van der Waals surface area contributed by atoms with Crippen LogP contribution in [0.15, 0.2) is 53.3 Å². The highest BCUT2D eigenvalue weighted by Gasteiger charge is 2.25. The van der Waals surface area contributed by atoms with Gasteiger partial charge in [0.1, 0.15) is 17.1 Å². The molecule has 35 heavy (non-hydrogen) atoms. The molecule has 0 bridgehead atoms. The van der Waals surface area contributed by atoms with Crippen molar-refractivity contribution < 1.29 is 9.90 Å². The van der Waals surface area contributed by atoms with Crippen molar-refractivity contribution in [1.29, 1.82) is 0 Å². The number of H-pyrrole nitrogens is 1. The molecule has 2 aromatic heterocycles. The van der Waals surface area contributed by atoms with Crippen LogP contribution in [0.25, 0.3) is 16.9 Å². The third-order valence-corrected chi connectivity index (χ3v) is 6.54. The van der Waals surface area contributed by atoms with E-state index in [-0.39, 0.29) is 17.2 Å². The fourth-order valence-electron chi connectivity index (χ4n) is 4.81. The van der Waals surface area contributed by atoms with E-state index in [9.17, 15) is 14.7 Å². The van der Waals surface area contributed by atoms with Crippen LogP contribution in [-0.4, -0.2) is 38.7 Å². The summed E-state index contributed by atoms with van der Waals surface area (Å²) in [7, 11) is 0. The maximum absolute atomic E-state index is 13.7. The van der Waals surface area contributed by atoms with E-state index in [1.165, 1.54) is 23.9 Å². The fourth-order valence-corrected chi connectivity index (χ4v) is 4.81. The normalized spacial score (nSPS) is 13.8. The largest absolute Gasteiger partial charge is 0.506 e. The van der Waals surface area contributed by atoms with E-state index in [1.807, 2.05) is 37.3 Å². The van der Waals surface area contributed by atoms with Crippen LogP contribution in [0.4, 0.5) is 11.4 Å². The van der Waals surface area contributed by atoms with Gasteiger partial charge in [-0.15, -0.1) is 0 Å². The van der Waals surface area contributed by atoms with Crippen molar-refractivity contribution in [2.45, 2.75) is 39.5 Å². The average Bonchev–Trinajstić information content (AvgIpc) is 3.24. The van der Waals surface area contributed by atoms with Crippen molar-refractivity contribution in [3.63, 3.8) is 0 Å². The Morgan fingerprint density at radius 1 is 1.11 bits per heavy atom. The smallest absolute Gasteiger partial charge is 0.278 e. The molecule has 3 heterocycles. The summed E-state index contributed by atoms with van der Waals surface area (Å²) >= 11 is 0. The lowest BCUT2D eigenvalue weighted by Gasteiger charge is -2.28. The number of aromatic nitrogens is 3. The van der Waals surface area contributed by atoms with Crippen LogP contribution < -0.4 is 15.8 Å². The Morgan fingerprint density at radius 2 is 1.86 bits per heavy atom. The summed E-state index contributed by atoms with van der Waals surface area (Å²) in [5.74, 6) is -0.293. The molecule has 5 rings (SSSR count). The predicted octanol–water partition coefficient (Wildman–Crippen LogP) is 4.24. The molecule has 0 spiro atoms. The Hall–Kier alpha value is -4.07. The second-order valence-electron chi connectivity index (χ2n) is 9.11. The Kier molecular flexibility index (Phi) is 6.03. The Bertz CT molecular complexity index is 1450. The molecule has 0 radical (unpaired) electrons. The van der Waals surface area contributed by atoms with Gasteiger partial charge in [0.15, 0.2) is 5.65 Å². The van der Waals surface area contributed by atoms with Gasteiger partial charge in [-0.25, -0.2) is 0 Å². The van der Waals surface area contributed by atoms with E-state index >= 15 is 0 Å². The predicted molar refractivity (Wildman–Crippen MR) is 137 cm³/mol. The summed E-state index contributed by atoms with van der Waals surface area (Å²) in [4.78, 5) is 31.0. The van der Waals surface area contributed by atoms with E-state index in [0.29, 0.717) is 23.3 Å². The molecule has 2 aromatic carbocycles. The van der Waals surface area contributed by atoms with Gasteiger partial charge in [-0.2, -0.15) is 9.61 Å². The fraction of sp³-hybridized carbons (Fsp3) is 0.296. The van der Waals surface area contributed by atoms with Crippen molar-refractivity contribution in [2.75, 3.05) is 23.3 Å². The summed E-state index contributed by atoms with van der Waals surface area (Å²) in [6, 6.07) is 14.9. The summed E-state index contributed by atoms with van der Waals surface area (Å²) in [6.45, 7) is 5.16. The Labute approximate surface area is 203 Å². The van der Waals surface area contributed by atoms with Gasteiger partial charge in [0.2, 0.25) is 5.91 Å². The van der Waals surface area contributed by atoms with Crippen molar-refractivity contribution in [3.05, 3.63) is 75.7 Å². The molecule has 4 aromatic rings. The molecule has 0 unspecified atom stereocenters. The Morgan fingerprint density at radius 3 is 2.57 bits per heavy atom. The van der Waals surface area contributed by atoms with Gasteiger partial charge in [-0.05, 0) is 43.9 Å². The van der Waals surface area contributed by atoms with Crippen LogP contribution in [-0.2, 0) is 11.2 Å². The van der Waals surface area contributed by atoms with Crippen LogP contribution >= 0.6 is 0 Å². The zero-order valence-electron chi connectivity index (χ0n) is 20.0. The number of piperidine rings is 1. The van der Waals surface area contributed by atoms with Gasteiger partial charge in [0, 0.05) is 43.3 Å². The van der Waals surface area contributed by atoms with Crippen molar-refractivity contribution in [3.8, 4) is 17.0 Å². The van der Waals surface area contributed by atoms with Crippen molar-refractivity contribution >= 4 is 22.9 Å². The highest BCUT2D eigenvalue weighted by molar-refractivity contribution is 5.90. The first kappa shape index (κ1) is 22.7. The number of carbonyl (C=O) groups excluding carboxylic acids is 1. The van der Waals surface area contributed by atoms with Crippen molar-refractivity contribution in [2.24, 2.45) is 0 Å². The number of phenols is 1. The van der Waals surface area contributed by atoms with Gasteiger partial charge in [-0.1, -0.05) is 36.4 Å². The van der Waals surface area contributed by atoms with Gasteiger partial charge in [0.25, 0.3) is 5.56 Å². The van der Waals surface area contributed by atoms with E-state index < -0.39 is 0 Å². The van der Waals surface area contributed by atoms with Gasteiger partial charge in [-0.3, -0.25) is 9.59 Å². The molecule has 8 heteroatoms. The first-order valence-corrected chi connectivity index (χ1v) is 12.0. The van der Waals surface area contributed by atoms with Crippen LogP contribution in [0.2, 0.25) is 0 Å². The SMILES string of the molecule is CC(=O)Nc1cc(Cc2c(C)[nH]c3c(N4CCCCC4)c(-c4ccccc4)nn3c2=O)ccc1O. The molecule has 0 atom stereocenters. The number of aromatic amines is 1. The summed E-state index contributed by atoms with van der Waals surface area (Å²) in [5, 5.41) is 17.5. The average molecular weight is 472 g/mol. The standard InChI is InChI=1S/C27H29N5O3/c1-17-21(15-19-11-12-23(34)22(16-19)29-18(2)33)27(35)32-26(28-17)25(31-13-7-4-8-14-31)24(30-32)20-9-5-3-6-10-20/h3,5-6,9-12,16,28,34H,4,7-8,13-15H2,1-2H3,(H,29,33). The zero-order valence-corrected chi connectivity index (χ0v) is 20.0.